The molecule has 1 saturated heterocycles. The van der Waals surface area contributed by atoms with Gasteiger partial charge in [0.05, 0.1) is 13.2 Å². The van der Waals surface area contributed by atoms with E-state index in [1.54, 1.807) is 18.5 Å². The number of aromatic nitrogens is 2. The molecular weight excluding hydrogens is 320 g/mol. The SMILES string of the molecule is CC(C)[C@@H](CNC(=O)c1cc(-c2cccnc2)on1)N1CCOCC1. The predicted molar refractivity (Wildman–Crippen MR) is 93.1 cm³/mol. The first-order chi connectivity index (χ1) is 12.1. The third kappa shape index (κ3) is 4.43. The first-order valence-electron chi connectivity index (χ1n) is 8.62. The first-order valence-corrected chi connectivity index (χ1v) is 8.62. The van der Waals surface area contributed by atoms with Crippen LogP contribution in [0.5, 0.6) is 0 Å². The average Bonchev–Trinajstić information content (AvgIpc) is 3.13. The van der Waals surface area contributed by atoms with Crippen LogP contribution in [0.15, 0.2) is 35.1 Å². The van der Waals surface area contributed by atoms with Gasteiger partial charge in [-0.25, -0.2) is 0 Å². The van der Waals surface area contributed by atoms with E-state index < -0.39 is 0 Å². The average molecular weight is 344 g/mol. The van der Waals surface area contributed by atoms with Gasteiger partial charge in [0.1, 0.15) is 0 Å². The van der Waals surface area contributed by atoms with Crippen LogP contribution in [0.1, 0.15) is 24.3 Å². The number of ether oxygens (including phenoxy) is 1. The fraction of sp³-hybridized carbons (Fsp3) is 0.500. The second-order valence-electron chi connectivity index (χ2n) is 6.49. The molecule has 0 saturated carbocycles. The number of amides is 1. The van der Waals surface area contributed by atoms with E-state index >= 15 is 0 Å². The van der Waals surface area contributed by atoms with Crippen molar-refractivity contribution in [2.24, 2.45) is 5.92 Å². The second kappa shape index (κ2) is 8.22. The molecule has 1 atom stereocenters. The lowest BCUT2D eigenvalue weighted by Gasteiger charge is -2.36. The molecule has 1 amide bonds. The molecule has 134 valence electrons. The minimum absolute atomic E-state index is 0.224. The third-order valence-electron chi connectivity index (χ3n) is 4.44. The van der Waals surface area contributed by atoms with Crippen molar-refractivity contribution in [3.05, 3.63) is 36.3 Å². The number of nitrogens with zero attached hydrogens (tertiary/aromatic N) is 3. The quantitative estimate of drug-likeness (QED) is 0.861. The number of morpholine rings is 1. The summed E-state index contributed by atoms with van der Waals surface area (Å²) >= 11 is 0. The van der Waals surface area contributed by atoms with Crippen LogP contribution < -0.4 is 5.32 Å². The van der Waals surface area contributed by atoms with E-state index in [2.05, 4.69) is 34.2 Å². The highest BCUT2D eigenvalue weighted by atomic mass is 16.5. The minimum Gasteiger partial charge on any atom is -0.379 e. The van der Waals surface area contributed by atoms with Gasteiger partial charge in [0.2, 0.25) is 0 Å². The van der Waals surface area contributed by atoms with E-state index in [1.165, 1.54) is 0 Å². The van der Waals surface area contributed by atoms with Crippen molar-refractivity contribution < 1.29 is 14.1 Å². The molecule has 25 heavy (non-hydrogen) atoms. The molecule has 0 unspecified atom stereocenters. The van der Waals surface area contributed by atoms with Gasteiger partial charge in [0.15, 0.2) is 11.5 Å². The number of carbonyl (C=O) groups excluding carboxylic acids is 1. The summed E-state index contributed by atoms with van der Waals surface area (Å²) in [6.45, 7) is 8.20. The zero-order valence-corrected chi connectivity index (χ0v) is 14.6. The van der Waals surface area contributed by atoms with Crippen LogP contribution in [0, 0.1) is 5.92 Å². The number of pyridine rings is 1. The number of hydrogen-bond acceptors (Lipinski definition) is 6. The molecule has 3 heterocycles. The van der Waals surface area contributed by atoms with Gasteiger partial charge in [-0.15, -0.1) is 0 Å². The Bertz CT molecular complexity index is 681. The Kier molecular flexibility index (Phi) is 5.78. The summed E-state index contributed by atoms with van der Waals surface area (Å²) in [7, 11) is 0. The summed E-state index contributed by atoms with van der Waals surface area (Å²) in [5.74, 6) is 0.742. The molecule has 7 nitrogen and oxygen atoms in total. The molecule has 1 aliphatic rings. The molecule has 2 aromatic rings. The van der Waals surface area contributed by atoms with Crippen LogP contribution in [0.2, 0.25) is 0 Å². The van der Waals surface area contributed by atoms with Gasteiger partial charge in [-0.3, -0.25) is 14.7 Å². The molecule has 0 radical (unpaired) electrons. The third-order valence-corrected chi connectivity index (χ3v) is 4.44. The molecule has 1 N–H and O–H groups in total. The predicted octanol–water partition coefficient (Wildman–Crippen LogP) is 1.82. The monoisotopic (exact) mass is 344 g/mol. The number of rotatable bonds is 6. The summed E-state index contributed by atoms with van der Waals surface area (Å²) in [5.41, 5.74) is 1.07. The van der Waals surface area contributed by atoms with E-state index in [4.69, 9.17) is 9.26 Å². The van der Waals surface area contributed by atoms with Crippen molar-refractivity contribution >= 4 is 5.91 Å². The lowest BCUT2D eigenvalue weighted by atomic mass is 10.0. The smallest absolute Gasteiger partial charge is 0.273 e. The standard InChI is InChI=1S/C18H24N4O3/c1-13(2)16(22-6-8-24-9-7-22)12-20-18(23)15-10-17(25-21-15)14-4-3-5-19-11-14/h3-5,10-11,13,16H,6-9,12H2,1-2H3,(H,20,23)/t16-/m1/s1. The maximum absolute atomic E-state index is 12.4. The van der Waals surface area contributed by atoms with Gasteiger partial charge < -0.3 is 14.6 Å². The van der Waals surface area contributed by atoms with Gasteiger partial charge in [-0.1, -0.05) is 19.0 Å². The lowest BCUT2D eigenvalue weighted by molar-refractivity contribution is 0.00671. The Labute approximate surface area is 147 Å². The molecule has 2 aromatic heterocycles. The molecule has 7 heteroatoms. The second-order valence-corrected chi connectivity index (χ2v) is 6.49. The van der Waals surface area contributed by atoms with Gasteiger partial charge in [-0.05, 0) is 18.1 Å². The minimum atomic E-state index is -0.224. The van der Waals surface area contributed by atoms with Crippen LogP contribution in [0.4, 0.5) is 0 Å². The van der Waals surface area contributed by atoms with Gasteiger partial charge in [0, 0.05) is 49.7 Å². The van der Waals surface area contributed by atoms with E-state index in [9.17, 15) is 4.79 Å². The van der Waals surface area contributed by atoms with Gasteiger partial charge >= 0.3 is 0 Å². The van der Waals surface area contributed by atoms with E-state index in [-0.39, 0.29) is 17.6 Å². The van der Waals surface area contributed by atoms with Gasteiger partial charge in [-0.2, -0.15) is 0 Å². The summed E-state index contributed by atoms with van der Waals surface area (Å²) in [6.07, 6.45) is 3.36. The number of nitrogens with one attached hydrogen (secondary N) is 1. The maximum Gasteiger partial charge on any atom is 0.273 e. The van der Waals surface area contributed by atoms with E-state index in [0.29, 0.717) is 18.2 Å². The number of hydrogen-bond donors (Lipinski definition) is 1. The Morgan fingerprint density at radius 3 is 2.84 bits per heavy atom. The van der Waals surface area contributed by atoms with Crippen LogP contribution >= 0.6 is 0 Å². The van der Waals surface area contributed by atoms with Gasteiger partial charge in [0.25, 0.3) is 5.91 Å². The zero-order chi connectivity index (χ0) is 17.6. The van der Waals surface area contributed by atoms with E-state index in [0.717, 1.165) is 31.9 Å². The summed E-state index contributed by atoms with van der Waals surface area (Å²) < 4.78 is 10.7. The topological polar surface area (TPSA) is 80.5 Å². The highest BCUT2D eigenvalue weighted by Crippen LogP contribution is 2.19. The molecule has 1 fully saturated rings. The lowest BCUT2D eigenvalue weighted by Crippen LogP contribution is -2.51. The van der Waals surface area contributed by atoms with Crippen molar-refractivity contribution in [1.29, 1.82) is 0 Å². The Morgan fingerprint density at radius 1 is 1.36 bits per heavy atom. The molecule has 3 rings (SSSR count). The van der Waals surface area contributed by atoms with Crippen molar-refractivity contribution in [1.82, 2.24) is 20.4 Å². The molecule has 0 aromatic carbocycles. The number of carbonyl (C=O) groups is 1. The van der Waals surface area contributed by atoms with Crippen molar-refractivity contribution in [2.75, 3.05) is 32.8 Å². The molecule has 1 aliphatic heterocycles. The molecule has 0 spiro atoms. The van der Waals surface area contributed by atoms with Crippen molar-refractivity contribution in [3.8, 4) is 11.3 Å². The normalized spacial score (nSPS) is 16.8. The first kappa shape index (κ1) is 17.6. The Hall–Kier alpha value is -2.25. The van der Waals surface area contributed by atoms with Crippen molar-refractivity contribution in [2.45, 2.75) is 19.9 Å². The fourth-order valence-electron chi connectivity index (χ4n) is 3.01. The van der Waals surface area contributed by atoms with Crippen LogP contribution in [0.25, 0.3) is 11.3 Å². The zero-order valence-electron chi connectivity index (χ0n) is 14.6. The van der Waals surface area contributed by atoms with Crippen molar-refractivity contribution in [3.63, 3.8) is 0 Å². The Balaban J connectivity index is 1.60. The molecule has 0 bridgehead atoms. The van der Waals surface area contributed by atoms with Crippen LogP contribution in [-0.2, 0) is 4.74 Å². The maximum atomic E-state index is 12.4. The molecule has 0 aliphatic carbocycles. The summed E-state index contributed by atoms with van der Waals surface area (Å²) in [5, 5.41) is 6.86. The highest BCUT2D eigenvalue weighted by Gasteiger charge is 2.25. The van der Waals surface area contributed by atoms with Crippen LogP contribution in [-0.4, -0.2) is 59.8 Å². The fourth-order valence-corrected chi connectivity index (χ4v) is 3.01. The summed E-state index contributed by atoms with van der Waals surface area (Å²) in [6, 6.07) is 5.60. The van der Waals surface area contributed by atoms with Crippen LogP contribution in [0.3, 0.4) is 0 Å². The highest BCUT2D eigenvalue weighted by molar-refractivity contribution is 5.93. The Morgan fingerprint density at radius 2 is 2.16 bits per heavy atom. The largest absolute Gasteiger partial charge is 0.379 e. The summed E-state index contributed by atoms with van der Waals surface area (Å²) in [4.78, 5) is 18.8. The molecular formula is C18H24N4O3. The van der Waals surface area contributed by atoms with E-state index in [1.807, 2.05) is 12.1 Å².